The van der Waals surface area contributed by atoms with Gasteiger partial charge in [0.1, 0.15) is 5.15 Å². The van der Waals surface area contributed by atoms with E-state index in [0.29, 0.717) is 24.3 Å². The summed E-state index contributed by atoms with van der Waals surface area (Å²) in [5.41, 5.74) is 1.68. The number of nitrogens with one attached hydrogen (secondary N) is 1. The Kier molecular flexibility index (Phi) is 6.67. The second-order valence-corrected chi connectivity index (χ2v) is 8.52. The summed E-state index contributed by atoms with van der Waals surface area (Å²) in [6.45, 7) is 7.98. The number of aryl methyl sites for hydroxylation is 2. The summed E-state index contributed by atoms with van der Waals surface area (Å²) in [4.78, 5) is 12.8. The van der Waals surface area contributed by atoms with Crippen molar-refractivity contribution in [3.05, 3.63) is 46.2 Å². The summed E-state index contributed by atoms with van der Waals surface area (Å²) >= 11 is 6.13. The monoisotopic (exact) mass is 412 g/mol. The largest absolute Gasteiger partial charge is 0.345 e. The van der Waals surface area contributed by atoms with Crippen molar-refractivity contribution < 1.29 is 13.2 Å². The predicted octanol–water partition coefficient (Wildman–Crippen LogP) is 2.90. The molecular formula is C18H25ClN4O3S. The molecule has 0 radical (unpaired) electrons. The predicted molar refractivity (Wildman–Crippen MR) is 105 cm³/mol. The first-order valence-electron chi connectivity index (χ1n) is 8.73. The number of carbonyl (C=O) groups excluding carboxylic acids is 1. The molecule has 1 heterocycles. The van der Waals surface area contributed by atoms with E-state index in [1.807, 2.05) is 6.92 Å². The van der Waals surface area contributed by atoms with Crippen LogP contribution in [-0.2, 0) is 17.1 Å². The highest BCUT2D eigenvalue weighted by atomic mass is 35.5. The Bertz CT molecular complexity index is 919. The zero-order chi connectivity index (χ0) is 20.4. The van der Waals surface area contributed by atoms with E-state index in [4.69, 9.17) is 11.6 Å². The van der Waals surface area contributed by atoms with E-state index in [-0.39, 0.29) is 22.0 Å². The summed E-state index contributed by atoms with van der Waals surface area (Å²) in [5, 5.41) is 7.29. The summed E-state index contributed by atoms with van der Waals surface area (Å²) in [6.07, 6.45) is 0. The Morgan fingerprint density at radius 2 is 1.81 bits per heavy atom. The minimum absolute atomic E-state index is 0.236. The Balaban J connectivity index is 2.18. The van der Waals surface area contributed by atoms with E-state index >= 15 is 0 Å². The summed E-state index contributed by atoms with van der Waals surface area (Å²) in [5.74, 6) is -0.321. The van der Waals surface area contributed by atoms with Gasteiger partial charge in [0.15, 0.2) is 0 Å². The quantitative estimate of drug-likeness (QED) is 0.757. The number of hydrogen-bond donors (Lipinski definition) is 1. The highest BCUT2D eigenvalue weighted by Gasteiger charge is 2.23. The first-order chi connectivity index (χ1) is 12.6. The van der Waals surface area contributed by atoms with Crippen molar-refractivity contribution in [2.45, 2.75) is 38.6 Å². The molecule has 0 aliphatic rings. The molecule has 1 amide bonds. The third-order valence-corrected chi connectivity index (χ3v) is 6.95. The van der Waals surface area contributed by atoms with Gasteiger partial charge in [-0.3, -0.25) is 9.48 Å². The van der Waals surface area contributed by atoms with Crippen LogP contribution in [0.1, 0.15) is 48.4 Å². The Hall–Kier alpha value is -1.90. The minimum Gasteiger partial charge on any atom is -0.345 e. The molecule has 1 aromatic carbocycles. The molecule has 0 saturated heterocycles. The fourth-order valence-corrected chi connectivity index (χ4v) is 4.60. The summed E-state index contributed by atoms with van der Waals surface area (Å²) in [7, 11) is -1.83. The van der Waals surface area contributed by atoms with Crippen LogP contribution in [0, 0.1) is 6.92 Å². The number of amides is 1. The van der Waals surface area contributed by atoms with E-state index in [0.717, 1.165) is 5.56 Å². The molecule has 27 heavy (non-hydrogen) atoms. The van der Waals surface area contributed by atoms with Crippen molar-refractivity contribution in [3.63, 3.8) is 0 Å². The lowest BCUT2D eigenvalue weighted by Crippen LogP contribution is -2.30. The number of aromatic nitrogens is 2. The first-order valence-corrected chi connectivity index (χ1v) is 10.5. The van der Waals surface area contributed by atoms with Crippen LogP contribution in [0.2, 0.25) is 5.15 Å². The third-order valence-electron chi connectivity index (χ3n) is 4.45. The van der Waals surface area contributed by atoms with Crippen LogP contribution in [0.3, 0.4) is 0 Å². The highest BCUT2D eigenvalue weighted by Crippen LogP contribution is 2.22. The molecule has 0 spiro atoms. The number of rotatable bonds is 7. The maximum atomic E-state index is 12.5. The van der Waals surface area contributed by atoms with Gasteiger partial charge in [-0.1, -0.05) is 37.6 Å². The SMILES string of the molecule is CCN(CC)S(=O)(=O)c1ccc(C(C)NC(=O)c2c(C)nn(C)c2Cl)cc1. The van der Waals surface area contributed by atoms with Crippen LogP contribution in [0.25, 0.3) is 0 Å². The number of halogens is 1. The molecule has 7 nitrogen and oxygen atoms in total. The van der Waals surface area contributed by atoms with Crippen molar-refractivity contribution >= 4 is 27.5 Å². The lowest BCUT2D eigenvalue weighted by atomic mass is 10.1. The van der Waals surface area contributed by atoms with Gasteiger partial charge in [0, 0.05) is 20.1 Å². The molecule has 1 unspecified atom stereocenters. The van der Waals surface area contributed by atoms with Crippen LogP contribution in [0.4, 0.5) is 0 Å². The molecule has 0 aliphatic heterocycles. The number of sulfonamides is 1. The molecule has 9 heteroatoms. The molecule has 2 aromatic rings. The van der Waals surface area contributed by atoms with Crippen molar-refractivity contribution in [2.75, 3.05) is 13.1 Å². The van der Waals surface area contributed by atoms with Crippen LogP contribution < -0.4 is 5.32 Å². The number of benzene rings is 1. The van der Waals surface area contributed by atoms with Gasteiger partial charge in [0.2, 0.25) is 10.0 Å². The molecule has 0 saturated carbocycles. The Morgan fingerprint density at radius 1 is 1.26 bits per heavy atom. The van der Waals surface area contributed by atoms with Crippen molar-refractivity contribution in [1.82, 2.24) is 19.4 Å². The van der Waals surface area contributed by atoms with Gasteiger partial charge in [0.25, 0.3) is 5.91 Å². The third kappa shape index (κ3) is 4.34. The second-order valence-electron chi connectivity index (χ2n) is 6.23. The highest BCUT2D eigenvalue weighted by molar-refractivity contribution is 7.89. The average Bonchev–Trinajstić information content (AvgIpc) is 2.87. The lowest BCUT2D eigenvalue weighted by molar-refractivity contribution is 0.0939. The van der Waals surface area contributed by atoms with E-state index in [2.05, 4.69) is 10.4 Å². The van der Waals surface area contributed by atoms with E-state index in [1.54, 1.807) is 52.1 Å². The van der Waals surface area contributed by atoms with Gasteiger partial charge in [-0.2, -0.15) is 9.40 Å². The molecule has 148 valence electrons. The van der Waals surface area contributed by atoms with Crippen LogP contribution in [-0.4, -0.2) is 41.5 Å². The summed E-state index contributed by atoms with van der Waals surface area (Å²) in [6, 6.07) is 6.22. The molecule has 1 atom stereocenters. The van der Waals surface area contributed by atoms with Crippen LogP contribution >= 0.6 is 11.6 Å². The van der Waals surface area contributed by atoms with Crippen molar-refractivity contribution in [3.8, 4) is 0 Å². The standard InChI is InChI=1S/C18H25ClN4O3S/c1-6-23(7-2)27(25,26)15-10-8-14(9-11-15)12(3)20-18(24)16-13(4)21-22(5)17(16)19/h8-12H,6-7H2,1-5H3,(H,20,24). The minimum atomic E-state index is -3.50. The fourth-order valence-electron chi connectivity index (χ4n) is 2.88. The summed E-state index contributed by atoms with van der Waals surface area (Å²) < 4.78 is 27.9. The lowest BCUT2D eigenvalue weighted by Gasteiger charge is -2.19. The van der Waals surface area contributed by atoms with Crippen LogP contribution in [0.15, 0.2) is 29.2 Å². The van der Waals surface area contributed by atoms with E-state index in [9.17, 15) is 13.2 Å². The number of carbonyl (C=O) groups is 1. The molecular weight excluding hydrogens is 388 g/mol. The van der Waals surface area contributed by atoms with Gasteiger partial charge in [-0.15, -0.1) is 0 Å². The first kappa shape index (κ1) is 21.4. The number of nitrogens with zero attached hydrogens (tertiary/aromatic N) is 3. The maximum Gasteiger partial charge on any atom is 0.256 e. The molecule has 1 aromatic heterocycles. The van der Waals surface area contributed by atoms with Gasteiger partial charge < -0.3 is 5.32 Å². The zero-order valence-electron chi connectivity index (χ0n) is 16.2. The van der Waals surface area contributed by atoms with Gasteiger partial charge >= 0.3 is 0 Å². The Labute approximate surface area is 165 Å². The molecule has 0 aliphatic carbocycles. The molecule has 2 rings (SSSR count). The molecule has 0 fully saturated rings. The van der Waals surface area contributed by atoms with E-state index in [1.165, 1.54) is 8.99 Å². The average molecular weight is 413 g/mol. The Morgan fingerprint density at radius 3 is 2.26 bits per heavy atom. The van der Waals surface area contributed by atoms with Crippen molar-refractivity contribution in [1.29, 1.82) is 0 Å². The van der Waals surface area contributed by atoms with Gasteiger partial charge in [-0.25, -0.2) is 8.42 Å². The number of hydrogen-bond acceptors (Lipinski definition) is 4. The smallest absolute Gasteiger partial charge is 0.256 e. The fraction of sp³-hybridized carbons (Fsp3) is 0.444. The second kappa shape index (κ2) is 8.41. The molecule has 0 bridgehead atoms. The van der Waals surface area contributed by atoms with Crippen LogP contribution in [0.5, 0.6) is 0 Å². The maximum absolute atomic E-state index is 12.5. The topological polar surface area (TPSA) is 84.3 Å². The molecule has 1 N–H and O–H groups in total. The van der Waals surface area contributed by atoms with Gasteiger partial charge in [-0.05, 0) is 31.5 Å². The van der Waals surface area contributed by atoms with Crippen molar-refractivity contribution in [2.24, 2.45) is 7.05 Å². The van der Waals surface area contributed by atoms with Gasteiger partial charge in [0.05, 0.1) is 22.2 Å². The zero-order valence-corrected chi connectivity index (χ0v) is 17.7. The van der Waals surface area contributed by atoms with E-state index < -0.39 is 10.0 Å². The normalized spacial score (nSPS) is 13.0.